The van der Waals surface area contributed by atoms with E-state index < -0.39 is 0 Å². The molecule has 0 rings (SSSR count). The minimum Gasteiger partial charge on any atom is -0.377 e. The van der Waals surface area contributed by atoms with Crippen molar-refractivity contribution >= 4 is 9.52 Å². The zero-order chi connectivity index (χ0) is 12.4. The summed E-state index contributed by atoms with van der Waals surface area (Å²) < 4.78 is 16.0. The van der Waals surface area contributed by atoms with Gasteiger partial charge < -0.3 is 19.1 Å². The van der Waals surface area contributed by atoms with Gasteiger partial charge >= 0.3 is 0 Å². The molecule has 0 aliphatic heterocycles. The van der Waals surface area contributed by atoms with Gasteiger partial charge in [-0.15, -0.1) is 0 Å². The van der Waals surface area contributed by atoms with Crippen molar-refractivity contribution in [3.05, 3.63) is 0 Å². The predicted octanol–water partition coefficient (Wildman–Crippen LogP) is 0.507. The van der Waals surface area contributed by atoms with Gasteiger partial charge in [0.1, 0.15) is 5.91 Å². The largest absolute Gasteiger partial charge is 0.377 e. The van der Waals surface area contributed by atoms with E-state index in [1.165, 1.54) is 6.04 Å². The second kappa shape index (κ2) is 10.2. The van der Waals surface area contributed by atoms with E-state index >= 15 is 0 Å². The molecule has 1 unspecified atom stereocenters. The van der Waals surface area contributed by atoms with E-state index in [0.29, 0.717) is 6.10 Å². The molecule has 0 N–H and O–H groups in total. The molecule has 0 radical (unpaired) electrons. The van der Waals surface area contributed by atoms with Crippen LogP contribution in [0.1, 0.15) is 13.3 Å². The first-order chi connectivity index (χ1) is 7.60. The van der Waals surface area contributed by atoms with E-state index in [1.807, 2.05) is 0 Å². The molecular formula is C11H27NO3Si. The molecule has 0 saturated carbocycles. The Morgan fingerprint density at radius 2 is 1.81 bits per heavy atom. The highest BCUT2D eigenvalue weighted by atomic mass is 28.2. The van der Waals surface area contributed by atoms with E-state index in [4.69, 9.17) is 14.2 Å². The van der Waals surface area contributed by atoms with Crippen LogP contribution in [0.3, 0.4) is 0 Å². The number of methoxy groups -OCH3 is 2. The normalized spacial score (nSPS) is 14.4. The maximum atomic E-state index is 5.70. The van der Waals surface area contributed by atoms with Crippen molar-refractivity contribution in [2.24, 2.45) is 0 Å². The molecule has 0 aromatic heterocycles. The Hall–Kier alpha value is 0.0569. The molecule has 4 nitrogen and oxygen atoms in total. The molecule has 0 aromatic rings. The van der Waals surface area contributed by atoms with Crippen LogP contribution < -0.4 is 0 Å². The van der Waals surface area contributed by atoms with Gasteiger partial charge in [0.2, 0.25) is 0 Å². The van der Waals surface area contributed by atoms with Crippen LogP contribution in [0.2, 0.25) is 6.04 Å². The zero-order valence-corrected chi connectivity index (χ0v) is 12.8. The van der Waals surface area contributed by atoms with Crippen LogP contribution in [-0.2, 0) is 14.2 Å². The number of likely N-dealkylation sites (N-methyl/N-ethyl adjacent to an activating group) is 1. The van der Waals surface area contributed by atoms with Gasteiger partial charge in [-0.2, -0.15) is 0 Å². The predicted molar refractivity (Wildman–Crippen MR) is 69.7 cm³/mol. The summed E-state index contributed by atoms with van der Waals surface area (Å²) in [5.41, 5.74) is 0. The SMILES string of the molecule is COC(OC)[SiH2]CCCOC(C)CN(C)C. The van der Waals surface area contributed by atoms with Crippen molar-refractivity contribution in [1.29, 1.82) is 0 Å². The number of hydrogen-bond donors (Lipinski definition) is 0. The molecule has 0 saturated heterocycles. The molecule has 0 aliphatic carbocycles. The third-order valence-corrected chi connectivity index (χ3v) is 4.43. The highest BCUT2D eigenvalue weighted by molar-refractivity contribution is 6.36. The maximum absolute atomic E-state index is 5.70. The van der Waals surface area contributed by atoms with Crippen molar-refractivity contribution in [3.63, 3.8) is 0 Å². The van der Waals surface area contributed by atoms with Crippen LogP contribution in [0, 0.1) is 0 Å². The van der Waals surface area contributed by atoms with E-state index in [9.17, 15) is 0 Å². The van der Waals surface area contributed by atoms with E-state index in [2.05, 4.69) is 25.9 Å². The summed E-state index contributed by atoms with van der Waals surface area (Å²) >= 11 is 0. The molecule has 0 aliphatic rings. The fraction of sp³-hybridized carbons (Fsp3) is 1.00. The zero-order valence-electron chi connectivity index (χ0n) is 11.4. The van der Waals surface area contributed by atoms with Crippen LogP contribution in [0.4, 0.5) is 0 Å². The highest BCUT2D eigenvalue weighted by Gasteiger charge is 2.06. The van der Waals surface area contributed by atoms with Crippen molar-refractivity contribution < 1.29 is 14.2 Å². The monoisotopic (exact) mass is 249 g/mol. The van der Waals surface area contributed by atoms with E-state index in [1.54, 1.807) is 14.2 Å². The lowest BCUT2D eigenvalue weighted by Crippen LogP contribution is -2.26. The van der Waals surface area contributed by atoms with Crippen LogP contribution in [0.25, 0.3) is 0 Å². The molecular weight excluding hydrogens is 222 g/mol. The average Bonchev–Trinajstić information content (AvgIpc) is 2.22. The smallest absolute Gasteiger partial charge is 0.134 e. The van der Waals surface area contributed by atoms with Crippen molar-refractivity contribution in [1.82, 2.24) is 4.90 Å². The molecule has 0 amide bonds. The number of ether oxygens (including phenoxy) is 3. The lowest BCUT2D eigenvalue weighted by molar-refractivity contribution is -0.0443. The third kappa shape index (κ3) is 9.29. The minimum absolute atomic E-state index is 0.0687. The van der Waals surface area contributed by atoms with Crippen LogP contribution >= 0.6 is 0 Å². The first kappa shape index (κ1) is 16.1. The van der Waals surface area contributed by atoms with Gasteiger partial charge in [-0.25, -0.2) is 0 Å². The Bertz CT molecular complexity index is 154. The summed E-state index contributed by atoms with van der Waals surface area (Å²) in [6, 6.07) is 1.21. The lowest BCUT2D eigenvalue weighted by atomic mass is 10.4. The van der Waals surface area contributed by atoms with Crippen LogP contribution in [0.5, 0.6) is 0 Å². The molecule has 0 heterocycles. The van der Waals surface area contributed by atoms with E-state index in [-0.39, 0.29) is 15.4 Å². The number of nitrogens with zero attached hydrogens (tertiary/aromatic N) is 1. The Morgan fingerprint density at radius 1 is 1.19 bits per heavy atom. The molecule has 0 spiro atoms. The summed E-state index contributed by atoms with van der Waals surface area (Å²) in [4.78, 5) is 2.14. The molecule has 98 valence electrons. The molecule has 0 aromatic carbocycles. The Morgan fingerprint density at radius 3 is 2.31 bits per heavy atom. The first-order valence-corrected chi connectivity index (χ1v) is 7.73. The third-order valence-electron chi connectivity index (χ3n) is 2.38. The second-order valence-electron chi connectivity index (χ2n) is 4.34. The topological polar surface area (TPSA) is 30.9 Å². The summed E-state index contributed by atoms with van der Waals surface area (Å²) in [6.45, 7) is 3.95. The fourth-order valence-corrected chi connectivity index (χ4v) is 2.89. The lowest BCUT2D eigenvalue weighted by Gasteiger charge is -2.17. The van der Waals surface area contributed by atoms with Gasteiger partial charge in [0, 0.05) is 27.4 Å². The summed E-state index contributed by atoms with van der Waals surface area (Å²) in [7, 11) is 7.26. The summed E-state index contributed by atoms with van der Waals surface area (Å²) in [6.07, 6.45) is 1.44. The molecule has 1 atom stereocenters. The molecule has 16 heavy (non-hydrogen) atoms. The average molecular weight is 249 g/mol. The molecule has 5 heteroatoms. The quantitative estimate of drug-likeness (QED) is 0.321. The number of hydrogen-bond acceptors (Lipinski definition) is 4. The standard InChI is InChI=1S/C11H27NO3Si/c1-10(9-12(2)3)15-7-6-8-16-11(13-4)14-5/h10-11H,6-9,16H2,1-5H3. The highest BCUT2D eigenvalue weighted by Crippen LogP contribution is 1.99. The summed E-state index contributed by atoms with van der Waals surface area (Å²) in [5, 5.41) is 0. The van der Waals surface area contributed by atoms with Gasteiger partial charge in [0.25, 0.3) is 0 Å². The van der Waals surface area contributed by atoms with Crippen LogP contribution in [-0.4, -0.2) is 67.9 Å². The Labute approximate surface area is 102 Å². The van der Waals surface area contributed by atoms with Crippen molar-refractivity contribution in [3.8, 4) is 0 Å². The molecule has 0 fully saturated rings. The number of rotatable bonds is 10. The maximum Gasteiger partial charge on any atom is 0.134 e. The van der Waals surface area contributed by atoms with E-state index in [0.717, 1.165) is 19.6 Å². The second-order valence-corrected chi connectivity index (χ2v) is 6.29. The van der Waals surface area contributed by atoms with Gasteiger partial charge in [-0.3, -0.25) is 0 Å². The van der Waals surface area contributed by atoms with Crippen molar-refractivity contribution in [2.75, 3.05) is 41.5 Å². The minimum atomic E-state index is -0.276. The van der Waals surface area contributed by atoms with Crippen LogP contribution in [0.15, 0.2) is 0 Å². The van der Waals surface area contributed by atoms with Gasteiger partial charge in [-0.05, 0) is 27.4 Å². The van der Waals surface area contributed by atoms with Gasteiger partial charge in [0.15, 0.2) is 0 Å². The Kier molecular flexibility index (Phi) is 10.3. The molecule has 0 bridgehead atoms. The summed E-state index contributed by atoms with van der Waals surface area (Å²) in [5.74, 6) is 0.0687. The van der Waals surface area contributed by atoms with Gasteiger partial charge in [-0.1, -0.05) is 6.04 Å². The van der Waals surface area contributed by atoms with Crippen molar-refractivity contribution in [2.45, 2.75) is 31.4 Å². The van der Waals surface area contributed by atoms with Gasteiger partial charge in [0.05, 0.1) is 15.6 Å². The Balaban J connectivity index is 3.32. The fourth-order valence-electron chi connectivity index (χ4n) is 1.60. The first-order valence-electron chi connectivity index (χ1n) is 5.92.